The van der Waals surface area contributed by atoms with Crippen molar-refractivity contribution in [2.45, 2.75) is 0 Å². The number of aromatic nitrogens is 2. The van der Waals surface area contributed by atoms with Gasteiger partial charge in [-0.2, -0.15) is 5.10 Å². The third-order valence-electron chi connectivity index (χ3n) is 3.46. The summed E-state index contributed by atoms with van der Waals surface area (Å²) in [5.74, 6) is 0.146. The van der Waals surface area contributed by atoms with Gasteiger partial charge >= 0.3 is 0 Å². The Balaban J connectivity index is 1.89. The molecule has 0 fully saturated rings. The van der Waals surface area contributed by atoms with Crippen LogP contribution in [0.4, 0.5) is 5.69 Å². The molecule has 1 N–H and O–H groups in total. The van der Waals surface area contributed by atoms with Crippen LogP contribution in [0.15, 0.2) is 70.1 Å². The first-order valence-electron chi connectivity index (χ1n) is 7.38. The number of halogens is 1. The molecule has 0 bridgehead atoms. The summed E-state index contributed by atoms with van der Waals surface area (Å²) in [5, 5.41) is 6.82. The Hall–Kier alpha value is -2.93. The fourth-order valence-electron chi connectivity index (χ4n) is 2.17. The lowest BCUT2D eigenvalue weighted by Gasteiger charge is -2.09. The summed E-state index contributed by atoms with van der Waals surface area (Å²) < 4.78 is 7.48. The van der Waals surface area contributed by atoms with Crippen molar-refractivity contribution < 1.29 is 9.53 Å². The number of hydrogen-bond acceptors (Lipinski definition) is 4. The number of ether oxygens (including phenoxy) is 1. The maximum atomic E-state index is 12.4. The summed E-state index contributed by atoms with van der Waals surface area (Å²) >= 11 is 3.33. The van der Waals surface area contributed by atoms with Gasteiger partial charge in [-0.3, -0.25) is 9.59 Å². The highest BCUT2D eigenvalue weighted by atomic mass is 79.9. The van der Waals surface area contributed by atoms with Crippen molar-refractivity contribution in [1.82, 2.24) is 9.78 Å². The Labute approximate surface area is 152 Å². The van der Waals surface area contributed by atoms with Gasteiger partial charge in [0, 0.05) is 22.4 Å². The van der Waals surface area contributed by atoms with E-state index >= 15 is 0 Å². The van der Waals surface area contributed by atoms with Crippen LogP contribution in [0.1, 0.15) is 10.5 Å². The van der Waals surface area contributed by atoms with E-state index in [1.165, 1.54) is 16.9 Å². The van der Waals surface area contributed by atoms with Gasteiger partial charge in [-0.25, -0.2) is 4.68 Å². The Morgan fingerprint density at radius 2 is 1.76 bits per heavy atom. The van der Waals surface area contributed by atoms with Gasteiger partial charge in [0.1, 0.15) is 5.75 Å². The van der Waals surface area contributed by atoms with Gasteiger partial charge in [-0.1, -0.05) is 15.9 Å². The number of carbonyl (C=O) groups is 1. The van der Waals surface area contributed by atoms with Crippen molar-refractivity contribution in [1.29, 1.82) is 0 Å². The molecular weight excluding hydrogens is 386 g/mol. The lowest BCUT2D eigenvalue weighted by Crippen LogP contribution is -2.25. The summed E-state index contributed by atoms with van der Waals surface area (Å²) in [5.41, 5.74) is 0.661. The van der Waals surface area contributed by atoms with Crippen LogP contribution >= 0.6 is 15.9 Å². The predicted molar refractivity (Wildman–Crippen MR) is 98.5 cm³/mol. The minimum absolute atomic E-state index is 0.179. The Kier molecular flexibility index (Phi) is 4.95. The molecule has 1 heterocycles. The van der Waals surface area contributed by atoms with E-state index in [-0.39, 0.29) is 5.69 Å². The maximum Gasteiger partial charge on any atom is 0.280 e. The molecule has 0 aliphatic heterocycles. The molecule has 0 radical (unpaired) electrons. The number of hydrogen-bond donors (Lipinski definition) is 1. The summed E-state index contributed by atoms with van der Waals surface area (Å²) in [6, 6.07) is 15.5. The normalized spacial score (nSPS) is 10.3. The molecule has 2 aromatic carbocycles. The summed E-state index contributed by atoms with van der Waals surface area (Å²) in [6.45, 7) is 0. The second-order valence-electron chi connectivity index (χ2n) is 5.13. The van der Waals surface area contributed by atoms with Crippen LogP contribution in [0.25, 0.3) is 5.69 Å². The van der Waals surface area contributed by atoms with Crippen LogP contribution in [0.3, 0.4) is 0 Å². The van der Waals surface area contributed by atoms with Crippen LogP contribution in [-0.4, -0.2) is 22.8 Å². The number of anilines is 1. The maximum absolute atomic E-state index is 12.4. The van der Waals surface area contributed by atoms with E-state index in [2.05, 4.69) is 26.3 Å². The SMILES string of the molecule is COc1ccc(-n2ccc(=O)c(C(=O)Nc3ccc(Br)cc3)n2)cc1. The van der Waals surface area contributed by atoms with Crippen molar-refractivity contribution >= 4 is 27.5 Å². The third-order valence-corrected chi connectivity index (χ3v) is 3.99. The summed E-state index contributed by atoms with van der Waals surface area (Å²) in [4.78, 5) is 24.4. The average Bonchev–Trinajstić information content (AvgIpc) is 2.64. The fraction of sp³-hybridized carbons (Fsp3) is 0.0556. The fourth-order valence-corrected chi connectivity index (χ4v) is 2.43. The molecule has 3 aromatic rings. The molecule has 0 unspecified atom stereocenters. The first kappa shape index (κ1) is 16.9. The van der Waals surface area contributed by atoms with E-state index in [0.717, 1.165) is 4.47 Å². The number of amides is 1. The van der Waals surface area contributed by atoms with Crippen LogP contribution < -0.4 is 15.5 Å². The number of nitrogens with zero attached hydrogens (tertiary/aromatic N) is 2. The third kappa shape index (κ3) is 3.95. The molecule has 126 valence electrons. The van der Waals surface area contributed by atoms with Crippen LogP contribution in [0.2, 0.25) is 0 Å². The largest absolute Gasteiger partial charge is 0.497 e. The van der Waals surface area contributed by atoms with Crippen molar-refractivity contribution in [2.24, 2.45) is 0 Å². The number of rotatable bonds is 4. The molecule has 6 nitrogen and oxygen atoms in total. The molecule has 3 rings (SSSR count). The van der Waals surface area contributed by atoms with Crippen molar-refractivity contribution in [3.05, 3.63) is 81.2 Å². The molecular formula is C18H14BrN3O3. The standard InChI is InChI=1S/C18H14BrN3O3/c1-25-15-8-6-14(7-9-15)22-11-10-16(23)17(21-22)18(24)20-13-4-2-12(19)3-5-13/h2-11H,1H3,(H,20,24). The minimum Gasteiger partial charge on any atom is -0.497 e. The Morgan fingerprint density at radius 1 is 1.08 bits per heavy atom. The molecule has 1 amide bonds. The van der Waals surface area contributed by atoms with Crippen molar-refractivity contribution in [3.8, 4) is 11.4 Å². The lowest BCUT2D eigenvalue weighted by molar-refractivity contribution is 0.101. The zero-order chi connectivity index (χ0) is 17.8. The molecule has 25 heavy (non-hydrogen) atoms. The highest BCUT2D eigenvalue weighted by Crippen LogP contribution is 2.15. The van der Waals surface area contributed by atoms with E-state index in [1.807, 2.05) is 0 Å². The van der Waals surface area contributed by atoms with Crippen LogP contribution in [0, 0.1) is 0 Å². The van der Waals surface area contributed by atoms with Crippen molar-refractivity contribution in [2.75, 3.05) is 12.4 Å². The van der Waals surface area contributed by atoms with Crippen LogP contribution in [-0.2, 0) is 0 Å². The van der Waals surface area contributed by atoms with E-state index in [1.54, 1.807) is 55.6 Å². The number of carbonyl (C=O) groups excluding carboxylic acids is 1. The smallest absolute Gasteiger partial charge is 0.280 e. The first-order chi connectivity index (χ1) is 12.1. The predicted octanol–water partition coefficient (Wildman–Crippen LogP) is 3.26. The van der Waals surface area contributed by atoms with Crippen LogP contribution in [0.5, 0.6) is 5.75 Å². The van der Waals surface area contributed by atoms with Gasteiger partial charge in [-0.15, -0.1) is 0 Å². The Morgan fingerprint density at radius 3 is 2.40 bits per heavy atom. The zero-order valence-electron chi connectivity index (χ0n) is 13.3. The topological polar surface area (TPSA) is 73.2 Å². The van der Waals surface area contributed by atoms with Crippen molar-refractivity contribution in [3.63, 3.8) is 0 Å². The molecule has 7 heteroatoms. The van der Waals surface area contributed by atoms with Gasteiger partial charge in [0.25, 0.3) is 5.91 Å². The second kappa shape index (κ2) is 7.31. The number of nitrogens with one attached hydrogen (secondary N) is 1. The average molecular weight is 400 g/mol. The summed E-state index contributed by atoms with van der Waals surface area (Å²) in [6.07, 6.45) is 1.51. The second-order valence-corrected chi connectivity index (χ2v) is 6.05. The number of methoxy groups -OCH3 is 1. The van der Waals surface area contributed by atoms with Gasteiger partial charge in [0.05, 0.1) is 12.8 Å². The highest BCUT2D eigenvalue weighted by Gasteiger charge is 2.13. The van der Waals surface area contributed by atoms with Gasteiger partial charge < -0.3 is 10.1 Å². The molecule has 0 atom stereocenters. The zero-order valence-corrected chi connectivity index (χ0v) is 14.9. The molecule has 0 aliphatic rings. The molecule has 0 saturated carbocycles. The monoisotopic (exact) mass is 399 g/mol. The first-order valence-corrected chi connectivity index (χ1v) is 8.17. The van der Waals surface area contributed by atoms with E-state index < -0.39 is 11.3 Å². The molecule has 0 aliphatic carbocycles. The van der Waals surface area contributed by atoms with E-state index in [4.69, 9.17) is 4.74 Å². The van der Waals surface area contributed by atoms with Gasteiger partial charge in [-0.05, 0) is 48.5 Å². The van der Waals surface area contributed by atoms with E-state index in [0.29, 0.717) is 17.1 Å². The quantitative estimate of drug-likeness (QED) is 0.730. The van der Waals surface area contributed by atoms with Gasteiger partial charge in [0.2, 0.25) is 5.43 Å². The van der Waals surface area contributed by atoms with Gasteiger partial charge in [0.15, 0.2) is 5.69 Å². The molecule has 0 spiro atoms. The Bertz CT molecular complexity index is 951. The number of benzene rings is 2. The minimum atomic E-state index is -0.560. The molecule has 1 aromatic heterocycles. The molecule has 0 saturated heterocycles. The van der Waals surface area contributed by atoms with E-state index in [9.17, 15) is 9.59 Å². The lowest BCUT2D eigenvalue weighted by atomic mass is 10.3. The highest BCUT2D eigenvalue weighted by molar-refractivity contribution is 9.10. The summed E-state index contributed by atoms with van der Waals surface area (Å²) in [7, 11) is 1.58.